The number of hydrogen-bond acceptors (Lipinski definition) is 3. The number of hydrogen-bond donors (Lipinski definition) is 1. The van der Waals surface area contributed by atoms with Crippen molar-refractivity contribution in [3.63, 3.8) is 0 Å². The zero-order chi connectivity index (χ0) is 21.7. The molecule has 30 heavy (non-hydrogen) atoms. The molecule has 9 heteroatoms. The van der Waals surface area contributed by atoms with Gasteiger partial charge in [0.25, 0.3) is 0 Å². The third kappa shape index (κ3) is 5.44. The Hall–Kier alpha value is -2.29. The third-order valence-corrected chi connectivity index (χ3v) is 5.82. The summed E-state index contributed by atoms with van der Waals surface area (Å²) in [5, 5.41) is 3.17. The molecule has 2 aliphatic heterocycles. The fraction of sp³-hybridized carbons (Fsp3) is 0.619. The number of guanidine groups is 1. The molecule has 0 spiro atoms. The molecule has 0 bridgehead atoms. The van der Waals surface area contributed by atoms with E-state index in [-0.39, 0.29) is 12.5 Å². The van der Waals surface area contributed by atoms with Crippen molar-refractivity contribution < 1.29 is 18.0 Å². The molecule has 3 rings (SSSR count). The van der Waals surface area contributed by atoms with Crippen LogP contribution in [0.3, 0.4) is 0 Å². The summed E-state index contributed by atoms with van der Waals surface area (Å²) in [7, 11) is 0. The summed E-state index contributed by atoms with van der Waals surface area (Å²) >= 11 is 0. The average molecular weight is 425 g/mol. The van der Waals surface area contributed by atoms with Crippen LogP contribution < -0.4 is 5.32 Å². The van der Waals surface area contributed by atoms with Crippen molar-refractivity contribution in [1.29, 1.82) is 0 Å². The van der Waals surface area contributed by atoms with Crippen LogP contribution in [-0.2, 0) is 17.8 Å². The number of aliphatic imine (C=N–C) groups is 1. The second-order valence-corrected chi connectivity index (χ2v) is 7.74. The van der Waals surface area contributed by atoms with Gasteiger partial charge in [0.2, 0.25) is 5.91 Å². The first-order chi connectivity index (χ1) is 14.3. The highest BCUT2D eigenvalue weighted by molar-refractivity contribution is 5.85. The van der Waals surface area contributed by atoms with E-state index in [1.54, 1.807) is 0 Å². The van der Waals surface area contributed by atoms with Crippen LogP contribution in [0.4, 0.5) is 13.2 Å². The zero-order valence-electron chi connectivity index (χ0n) is 17.6. The summed E-state index contributed by atoms with van der Waals surface area (Å²) in [4.78, 5) is 22.4. The van der Waals surface area contributed by atoms with Gasteiger partial charge in [0, 0.05) is 45.8 Å². The van der Waals surface area contributed by atoms with E-state index in [1.165, 1.54) is 23.0 Å². The number of alkyl halides is 3. The van der Waals surface area contributed by atoms with Gasteiger partial charge in [-0.15, -0.1) is 0 Å². The van der Waals surface area contributed by atoms with E-state index in [0.29, 0.717) is 51.8 Å². The Kier molecular flexibility index (Phi) is 7.23. The van der Waals surface area contributed by atoms with E-state index in [4.69, 9.17) is 0 Å². The van der Waals surface area contributed by atoms with Gasteiger partial charge < -0.3 is 15.1 Å². The number of carbonyl (C=O) groups excluding carboxylic acids is 1. The highest BCUT2D eigenvalue weighted by Gasteiger charge is 2.41. The molecule has 0 aromatic heterocycles. The molecule has 1 atom stereocenters. The third-order valence-electron chi connectivity index (χ3n) is 5.82. The molecule has 2 heterocycles. The van der Waals surface area contributed by atoms with Gasteiger partial charge in [0.15, 0.2) is 5.96 Å². The fourth-order valence-electron chi connectivity index (χ4n) is 3.90. The normalized spacial score (nSPS) is 19.4. The van der Waals surface area contributed by atoms with Crippen LogP contribution in [0.1, 0.15) is 25.0 Å². The van der Waals surface area contributed by atoms with Crippen LogP contribution in [0.2, 0.25) is 0 Å². The van der Waals surface area contributed by atoms with Crippen LogP contribution in [0.5, 0.6) is 0 Å². The van der Waals surface area contributed by atoms with E-state index in [1.807, 2.05) is 34.9 Å². The average Bonchev–Trinajstić information content (AvgIpc) is 2.75. The van der Waals surface area contributed by atoms with E-state index in [9.17, 15) is 18.0 Å². The van der Waals surface area contributed by atoms with Gasteiger partial charge in [-0.05, 0) is 31.4 Å². The van der Waals surface area contributed by atoms with E-state index < -0.39 is 12.2 Å². The minimum atomic E-state index is -4.22. The Balaban J connectivity index is 1.57. The highest BCUT2D eigenvalue weighted by atomic mass is 19.4. The summed E-state index contributed by atoms with van der Waals surface area (Å²) in [5.41, 5.74) is 2.45. The minimum absolute atomic E-state index is 0.0314. The van der Waals surface area contributed by atoms with Crippen molar-refractivity contribution in [3.05, 3.63) is 35.4 Å². The number of amides is 1. The lowest BCUT2D eigenvalue weighted by molar-refractivity contribution is -0.181. The molecular formula is C21H30F3N5O. The summed E-state index contributed by atoms with van der Waals surface area (Å²) in [6.45, 7) is 6.56. The number of benzene rings is 1. The summed E-state index contributed by atoms with van der Waals surface area (Å²) < 4.78 is 38.9. The quantitative estimate of drug-likeness (QED) is 0.593. The van der Waals surface area contributed by atoms with Crippen LogP contribution in [0, 0.1) is 0 Å². The minimum Gasteiger partial charge on any atom is -0.357 e. The van der Waals surface area contributed by atoms with Crippen molar-refractivity contribution in [2.24, 2.45) is 4.99 Å². The van der Waals surface area contributed by atoms with Crippen molar-refractivity contribution in [2.75, 3.05) is 45.8 Å². The smallest absolute Gasteiger partial charge is 0.357 e. The van der Waals surface area contributed by atoms with Crippen molar-refractivity contribution in [2.45, 2.75) is 39.0 Å². The first kappa shape index (κ1) is 22.4. The molecule has 166 valence electrons. The van der Waals surface area contributed by atoms with Gasteiger partial charge >= 0.3 is 6.18 Å². The molecule has 1 aromatic carbocycles. The Morgan fingerprint density at radius 1 is 1.10 bits per heavy atom. The van der Waals surface area contributed by atoms with Crippen LogP contribution in [0.15, 0.2) is 29.3 Å². The van der Waals surface area contributed by atoms with Crippen LogP contribution >= 0.6 is 0 Å². The zero-order valence-corrected chi connectivity index (χ0v) is 17.6. The number of fused-ring (bicyclic) bond motifs is 1. The largest absolute Gasteiger partial charge is 0.403 e. The lowest BCUT2D eigenvalue weighted by atomic mass is 10.00. The standard InChI is InChI=1S/C21H30F3N5O/c1-3-25-20(28-12-10-27(11-13-28)16(2)21(22,23)24)26-14-19(30)29-9-8-17-6-4-5-7-18(17)15-29/h4-7,16H,3,8-15H2,1-2H3,(H,25,26). The summed E-state index contributed by atoms with van der Waals surface area (Å²) in [6.07, 6.45) is -3.38. The molecule has 2 aliphatic rings. The summed E-state index contributed by atoms with van der Waals surface area (Å²) in [5.74, 6) is 0.548. The van der Waals surface area contributed by atoms with Gasteiger partial charge in [-0.2, -0.15) is 13.2 Å². The molecule has 0 aliphatic carbocycles. The molecule has 1 fully saturated rings. The molecular weight excluding hydrogens is 395 g/mol. The SMILES string of the molecule is CCNC(=NCC(=O)N1CCc2ccccc2C1)N1CCN(C(C)C(F)(F)F)CC1. The predicted molar refractivity (Wildman–Crippen MR) is 110 cm³/mol. The lowest BCUT2D eigenvalue weighted by Crippen LogP contribution is -2.56. The Morgan fingerprint density at radius 3 is 2.40 bits per heavy atom. The molecule has 1 amide bonds. The Bertz CT molecular complexity index is 759. The Morgan fingerprint density at radius 2 is 1.77 bits per heavy atom. The first-order valence-corrected chi connectivity index (χ1v) is 10.5. The number of halogens is 3. The van der Waals surface area contributed by atoms with E-state index in [0.717, 1.165) is 6.42 Å². The number of nitrogens with zero attached hydrogens (tertiary/aromatic N) is 4. The van der Waals surface area contributed by atoms with Gasteiger partial charge in [0.1, 0.15) is 12.6 Å². The number of carbonyl (C=O) groups is 1. The lowest BCUT2D eigenvalue weighted by Gasteiger charge is -2.39. The molecule has 1 aromatic rings. The second kappa shape index (κ2) is 9.68. The molecule has 0 radical (unpaired) electrons. The maximum absolute atomic E-state index is 13.0. The molecule has 0 saturated carbocycles. The maximum Gasteiger partial charge on any atom is 0.403 e. The van der Waals surface area contributed by atoms with Crippen LogP contribution in [-0.4, -0.2) is 84.6 Å². The van der Waals surface area contributed by atoms with Crippen molar-refractivity contribution in [3.8, 4) is 0 Å². The van der Waals surface area contributed by atoms with E-state index in [2.05, 4.69) is 16.4 Å². The topological polar surface area (TPSA) is 51.2 Å². The van der Waals surface area contributed by atoms with Gasteiger partial charge in [-0.3, -0.25) is 9.69 Å². The number of piperazine rings is 1. The highest BCUT2D eigenvalue weighted by Crippen LogP contribution is 2.25. The summed E-state index contributed by atoms with van der Waals surface area (Å²) in [6, 6.07) is 6.68. The van der Waals surface area contributed by atoms with Gasteiger partial charge in [-0.1, -0.05) is 24.3 Å². The maximum atomic E-state index is 13.0. The van der Waals surface area contributed by atoms with E-state index >= 15 is 0 Å². The monoisotopic (exact) mass is 425 g/mol. The number of nitrogens with one attached hydrogen (secondary N) is 1. The van der Waals surface area contributed by atoms with Gasteiger partial charge in [0.05, 0.1) is 0 Å². The predicted octanol–water partition coefficient (Wildman–Crippen LogP) is 2.11. The van der Waals surface area contributed by atoms with Crippen molar-refractivity contribution >= 4 is 11.9 Å². The molecule has 1 N–H and O–H groups in total. The molecule has 1 unspecified atom stereocenters. The van der Waals surface area contributed by atoms with Crippen molar-refractivity contribution in [1.82, 2.24) is 20.0 Å². The van der Waals surface area contributed by atoms with Crippen LogP contribution in [0.25, 0.3) is 0 Å². The van der Waals surface area contributed by atoms with Gasteiger partial charge in [-0.25, -0.2) is 4.99 Å². The second-order valence-electron chi connectivity index (χ2n) is 7.74. The fourth-order valence-corrected chi connectivity index (χ4v) is 3.90. The first-order valence-electron chi connectivity index (χ1n) is 10.5. The molecule has 6 nitrogen and oxygen atoms in total. The number of rotatable bonds is 4. The Labute approximate surface area is 175 Å². The molecule has 1 saturated heterocycles.